The van der Waals surface area contributed by atoms with Gasteiger partial charge in [-0.1, -0.05) is 6.07 Å². The van der Waals surface area contributed by atoms with Gasteiger partial charge in [-0.15, -0.1) is 0 Å². The van der Waals surface area contributed by atoms with Crippen LogP contribution in [0.5, 0.6) is 5.75 Å². The second-order valence-electron chi connectivity index (χ2n) is 5.83. The lowest BCUT2D eigenvalue weighted by Crippen LogP contribution is -2.48. The molecule has 3 rings (SSSR count). The number of halogens is 2. The first-order valence-corrected chi connectivity index (χ1v) is 7.32. The highest BCUT2D eigenvalue weighted by atomic mass is 19.3. The Kier molecular flexibility index (Phi) is 4.15. The Labute approximate surface area is 126 Å². The van der Waals surface area contributed by atoms with E-state index in [4.69, 9.17) is 0 Å². The maximum absolute atomic E-state index is 12.3. The number of anilines is 1. The molecule has 2 fully saturated rings. The van der Waals surface area contributed by atoms with Crippen LogP contribution >= 0.6 is 0 Å². The molecule has 2 aliphatic rings. The van der Waals surface area contributed by atoms with Gasteiger partial charge in [0, 0.05) is 36.7 Å². The normalized spacial score (nSPS) is 27.1. The summed E-state index contributed by atoms with van der Waals surface area (Å²) in [6, 6.07) is 5.63. The number of ether oxygens (including phenoxy) is 1. The SMILES string of the molecule is O=C(Nc1cccc(OC(F)F)c1)N1C[C@H]2CC[C@@H](C1)C2O. The minimum absolute atomic E-state index is 0.00179. The molecule has 1 aliphatic heterocycles. The van der Waals surface area contributed by atoms with E-state index >= 15 is 0 Å². The molecule has 1 aromatic rings. The van der Waals surface area contributed by atoms with E-state index in [-0.39, 0.29) is 29.7 Å². The van der Waals surface area contributed by atoms with Crippen LogP contribution in [0.25, 0.3) is 0 Å². The van der Waals surface area contributed by atoms with Crippen LogP contribution in [0, 0.1) is 11.8 Å². The van der Waals surface area contributed by atoms with E-state index < -0.39 is 6.61 Å². The highest BCUT2D eigenvalue weighted by Crippen LogP contribution is 2.36. The third kappa shape index (κ3) is 3.14. The van der Waals surface area contributed by atoms with Gasteiger partial charge in [-0.25, -0.2) is 4.79 Å². The fourth-order valence-electron chi connectivity index (χ4n) is 3.31. The largest absolute Gasteiger partial charge is 0.435 e. The summed E-state index contributed by atoms with van der Waals surface area (Å²) in [5, 5.41) is 12.7. The van der Waals surface area contributed by atoms with Crippen molar-refractivity contribution in [3.63, 3.8) is 0 Å². The molecule has 1 saturated carbocycles. The molecule has 3 atom stereocenters. The highest BCUT2D eigenvalue weighted by Gasteiger charge is 2.42. The summed E-state index contributed by atoms with van der Waals surface area (Å²) in [6.45, 7) is -1.85. The van der Waals surface area contributed by atoms with Crippen LogP contribution in [0.4, 0.5) is 19.3 Å². The van der Waals surface area contributed by atoms with Crippen molar-refractivity contribution in [1.82, 2.24) is 4.90 Å². The number of aliphatic hydroxyl groups excluding tert-OH is 1. The van der Waals surface area contributed by atoms with Crippen molar-refractivity contribution < 1.29 is 23.4 Å². The van der Waals surface area contributed by atoms with Crippen LogP contribution in [0.3, 0.4) is 0 Å². The number of rotatable bonds is 3. The van der Waals surface area contributed by atoms with Gasteiger partial charge in [-0.3, -0.25) is 0 Å². The average Bonchev–Trinajstić information content (AvgIpc) is 2.69. The van der Waals surface area contributed by atoms with E-state index in [2.05, 4.69) is 10.1 Å². The number of likely N-dealkylation sites (tertiary alicyclic amines) is 1. The number of hydrogen-bond acceptors (Lipinski definition) is 3. The Bertz CT molecular complexity index is 541. The van der Waals surface area contributed by atoms with Crippen molar-refractivity contribution in [1.29, 1.82) is 0 Å². The number of nitrogens with one attached hydrogen (secondary N) is 1. The van der Waals surface area contributed by atoms with Gasteiger partial charge in [0.25, 0.3) is 0 Å². The maximum Gasteiger partial charge on any atom is 0.387 e. The summed E-state index contributed by atoms with van der Waals surface area (Å²) < 4.78 is 28.7. The third-order valence-corrected chi connectivity index (χ3v) is 4.38. The van der Waals surface area contributed by atoms with E-state index in [1.165, 1.54) is 18.2 Å². The molecule has 0 spiro atoms. The lowest BCUT2D eigenvalue weighted by Gasteiger charge is -2.35. The van der Waals surface area contributed by atoms with Gasteiger partial charge < -0.3 is 20.1 Å². The van der Waals surface area contributed by atoms with E-state index in [0.717, 1.165) is 12.8 Å². The molecule has 0 aromatic heterocycles. The average molecular weight is 312 g/mol. The standard InChI is InChI=1S/C15H18F2N2O3/c16-14(17)22-12-3-1-2-11(6-12)18-15(21)19-7-9-4-5-10(8-19)13(9)20/h1-3,6,9-10,13-14,20H,4-5,7-8H2,(H,18,21)/t9-,10+,13?. The number of aliphatic hydroxyl groups is 1. The molecule has 1 aliphatic carbocycles. The van der Waals surface area contributed by atoms with Gasteiger partial charge >= 0.3 is 12.6 Å². The summed E-state index contributed by atoms with van der Waals surface area (Å²) in [5.74, 6) is 0.276. The fourth-order valence-corrected chi connectivity index (χ4v) is 3.31. The fraction of sp³-hybridized carbons (Fsp3) is 0.533. The number of benzene rings is 1. The zero-order valence-corrected chi connectivity index (χ0v) is 11.9. The van der Waals surface area contributed by atoms with E-state index in [1.807, 2.05) is 0 Å². The molecule has 1 heterocycles. The van der Waals surface area contributed by atoms with Crippen LogP contribution in [0.1, 0.15) is 12.8 Å². The molecule has 1 aromatic carbocycles. The van der Waals surface area contributed by atoms with Crippen molar-refractivity contribution in [2.75, 3.05) is 18.4 Å². The Morgan fingerprint density at radius 2 is 2.00 bits per heavy atom. The summed E-state index contributed by atoms with van der Waals surface area (Å²) in [4.78, 5) is 13.9. The van der Waals surface area contributed by atoms with Gasteiger partial charge in [0.15, 0.2) is 0 Å². The minimum Gasteiger partial charge on any atom is -0.435 e. The number of alkyl halides is 2. The predicted octanol–water partition coefficient (Wildman–Crippen LogP) is 2.52. The number of hydrogen-bond donors (Lipinski definition) is 2. The van der Waals surface area contributed by atoms with Crippen molar-refractivity contribution in [3.05, 3.63) is 24.3 Å². The van der Waals surface area contributed by atoms with Crippen LogP contribution in [-0.2, 0) is 0 Å². The Morgan fingerprint density at radius 3 is 2.64 bits per heavy atom. The van der Waals surface area contributed by atoms with Crippen LogP contribution in [0.2, 0.25) is 0 Å². The zero-order valence-electron chi connectivity index (χ0n) is 11.9. The zero-order chi connectivity index (χ0) is 15.7. The van der Waals surface area contributed by atoms with Crippen LogP contribution in [-0.4, -0.2) is 41.8 Å². The van der Waals surface area contributed by atoms with Crippen molar-refractivity contribution in [3.8, 4) is 5.75 Å². The third-order valence-electron chi connectivity index (χ3n) is 4.38. The Morgan fingerprint density at radius 1 is 1.32 bits per heavy atom. The number of nitrogens with zero attached hydrogens (tertiary/aromatic N) is 1. The van der Waals surface area contributed by atoms with E-state index in [0.29, 0.717) is 18.8 Å². The first-order valence-electron chi connectivity index (χ1n) is 7.32. The van der Waals surface area contributed by atoms with Crippen molar-refractivity contribution >= 4 is 11.7 Å². The molecular formula is C15H18F2N2O3. The lowest BCUT2D eigenvalue weighted by molar-refractivity contribution is -0.0497. The number of carbonyl (C=O) groups is 1. The summed E-state index contributed by atoms with van der Waals surface area (Å²) >= 11 is 0. The summed E-state index contributed by atoms with van der Waals surface area (Å²) in [6.07, 6.45) is 1.56. The van der Waals surface area contributed by atoms with Crippen molar-refractivity contribution in [2.24, 2.45) is 11.8 Å². The first kappa shape index (κ1) is 15.0. The molecule has 120 valence electrons. The molecule has 1 unspecified atom stereocenters. The molecule has 1 saturated heterocycles. The molecule has 5 nitrogen and oxygen atoms in total. The Hall–Kier alpha value is -1.89. The molecule has 2 N–H and O–H groups in total. The number of piperidine rings is 1. The second kappa shape index (κ2) is 6.08. The maximum atomic E-state index is 12.3. The smallest absolute Gasteiger partial charge is 0.387 e. The van der Waals surface area contributed by atoms with Gasteiger partial charge in [0.2, 0.25) is 0 Å². The predicted molar refractivity (Wildman–Crippen MR) is 75.9 cm³/mol. The summed E-state index contributed by atoms with van der Waals surface area (Å²) in [7, 11) is 0. The molecule has 7 heteroatoms. The number of urea groups is 1. The molecular weight excluding hydrogens is 294 g/mol. The lowest BCUT2D eigenvalue weighted by atomic mass is 9.95. The van der Waals surface area contributed by atoms with Gasteiger partial charge in [-0.2, -0.15) is 8.78 Å². The second-order valence-corrected chi connectivity index (χ2v) is 5.83. The molecule has 2 amide bonds. The topological polar surface area (TPSA) is 61.8 Å². The highest BCUT2D eigenvalue weighted by molar-refractivity contribution is 5.89. The molecule has 0 radical (unpaired) electrons. The van der Waals surface area contributed by atoms with Crippen LogP contribution in [0.15, 0.2) is 24.3 Å². The minimum atomic E-state index is -2.90. The summed E-state index contributed by atoms with van der Waals surface area (Å²) in [5.41, 5.74) is 0.404. The molecule has 2 bridgehead atoms. The van der Waals surface area contributed by atoms with Crippen LogP contribution < -0.4 is 10.1 Å². The first-order chi connectivity index (χ1) is 10.5. The quantitative estimate of drug-likeness (QED) is 0.901. The van der Waals surface area contributed by atoms with Gasteiger partial charge in [0.1, 0.15) is 5.75 Å². The van der Waals surface area contributed by atoms with Crippen molar-refractivity contribution in [2.45, 2.75) is 25.6 Å². The monoisotopic (exact) mass is 312 g/mol. The number of fused-ring (bicyclic) bond motifs is 2. The van der Waals surface area contributed by atoms with Gasteiger partial charge in [-0.05, 0) is 25.0 Å². The molecule has 22 heavy (non-hydrogen) atoms. The number of carbonyl (C=O) groups excluding carboxylic acids is 1. The van der Waals surface area contributed by atoms with E-state index in [9.17, 15) is 18.7 Å². The van der Waals surface area contributed by atoms with Gasteiger partial charge in [0.05, 0.1) is 6.10 Å². The van der Waals surface area contributed by atoms with E-state index in [1.54, 1.807) is 11.0 Å². The Balaban J connectivity index is 1.62. The number of amides is 2.